The number of fused-ring (bicyclic) bond motifs is 4. The van der Waals surface area contributed by atoms with Crippen LogP contribution in [-0.2, 0) is 0 Å². The Morgan fingerprint density at radius 1 is 0.600 bits per heavy atom. The second-order valence-corrected chi connectivity index (χ2v) is 21.3. The van der Waals surface area contributed by atoms with E-state index < -0.39 is 0 Å². The van der Waals surface area contributed by atoms with E-state index in [-0.39, 0.29) is 17.5 Å². The fraction of sp³-hybridized carbons (Fsp3) is 0.596. The highest BCUT2D eigenvalue weighted by molar-refractivity contribution is 7.30. The number of ether oxygens (including phenoxy) is 2. The molecule has 0 fully saturated rings. The predicted octanol–water partition coefficient (Wildman–Crippen LogP) is 19.1. The van der Waals surface area contributed by atoms with E-state index in [1.54, 1.807) is 34.0 Å². The molecule has 0 aliphatic carbocycles. The zero-order valence-corrected chi connectivity index (χ0v) is 40.8. The maximum Gasteiger partial charge on any atom is 0.178 e. The summed E-state index contributed by atoms with van der Waals surface area (Å²) in [6.07, 6.45) is 23.4. The molecule has 0 saturated heterocycles. The molecule has 0 saturated carbocycles. The number of carbonyl (C=O) groups excluding carboxylic acids is 1. The van der Waals surface area contributed by atoms with Crippen LogP contribution in [0.3, 0.4) is 0 Å². The van der Waals surface area contributed by atoms with Crippen molar-refractivity contribution in [1.29, 1.82) is 0 Å². The zero-order valence-electron chi connectivity index (χ0n) is 37.5. The lowest BCUT2D eigenvalue weighted by Crippen LogP contribution is -2.13. The van der Waals surface area contributed by atoms with Crippen LogP contribution in [0.1, 0.15) is 180 Å². The van der Waals surface area contributed by atoms with Crippen molar-refractivity contribution in [3.8, 4) is 21.3 Å². The molecule has 3 atom stereocenters. The predicted molar refractivity (Wildman–Crippen MR) is 266 cm³/mol. The van der Waals surface area contributed by atoms with Crippen LogP contribution in [0.25, 0.3) is 50.8 Å². The van der Waals surface area contributed by atoms with Crippen LogP contribution < -0.4 is 9.47 Å². The monoisotopic (exact) mass is 890 g/mol. The van der Waals surface area contributed by atoms with Crippen LogP contribution in [0, 0.1) is 23.6 Å². The number of hydrogen-bond donors (Lipinski definition) is 0. The Labute approximate surface area is 376 Å². The van der Waals surface area contributed by atoms with Crippen molar-refractivity contribution in [2.75, 3.05) is 13.2 Å². The van der Waals surface area contributed by atoms with Crippen molar-refractivity contribution in [3.05, 3.63) is 45.7 Å². The van der Waals surface area contributed by atoms with Gasteiger partial charge in [-0.2, -0.15) is 0 Å². The second kappa shape index (κ2) is 23.8. The van der Waals surface area contributed by atoms with E-state index in [0.29, 0.717) is 28.7 Å². The van der Waals surface area contributed by atoms with Crippen LogP contribution >= 0.6 is 45.3 Å². The molecule has 60 heavy (non-hydrogen) atoms. The quantitative estimate of drug-likeness (QED) is 0.0348. The molecular formula is C52H71FO3S4. The van der Waals surface area contributed by atoms with Gasteiger partial charge in [0.25, 0.3) is 0 Å². The third-order valence-electron chi connectivity index (χ3n) is 12.7. The highest BCUT2D eigenvalue weighted by atomic mass is 32.1. The van der Waals surface area contributed by atoms with E-state index in [0.717, 1.165) is 79.1 Å². The normalized spacial score (nSPS) is 13.6. The molecule has 4 aromatic heterocycles. The molecule has 0 N–H and O–H groups in total. The highest BCUT2D eigenvalue weighted by Gasteiger charge is 2.28. The molecule has 2 aromatic carbocycles. The Hall–Kier alpha value is -2.52. The molecule has 0 spiro atoms. The van der Waals surface area contributed by atoms with Gasteiger partial charge in [0.15, 0.2) is 11.6 Å². The van der Waals surface area contributed by atoms with Gasteiger partial charge in [0.2, 0.25) is 0 Å². The van der Waals surface area contributed by atoms with E-state index in [9.17, 15) is 4.79 Å². The van der Waals surface area contributed by atoms with Crippen molar-refractivity contribution in [2.45, 2.75) is 170 Å². The first kappa shape index (κ1) is 47.0. The van der Waals surface area contributed by atoms with Gasteiger partial charge >= 0.3 is 0 Å². The maximum atomic E-state index is 16.1. The summed E-state index contributed by atoms with van der Waals surface area (Å²) in [4.78, 5) is 16.2. The topological polar surface area (TPSA) is 35.5 Å². The number of rotatable bonds is 29. The van der Waals surface area contributed by atoms with E-state index in [1.165, 1.54) is 124 Å². The SMILES string of the molecule is CCCCCCC(CCCC)COc1c2ccsc2cc2c(OCC(CCCC)CCCCCC)c3cc(-c4scc5c(F)c(C(=O)C(CC)CCCC)sc45)sc3cc12. The van der Waals surface area contributed by atoms with Crippen LogP contribution in [0.2, 0.25) is 0 Å². The fourth-order valence-corrected chi connectivity index (χ4v) is 13.4. The first-order valence-corrected chi connectivity index (χ1v) is 27.2. The molecule has 0 aliphatic rings. The molecule has 0 aliphatic heterocycles. The van der Waals surface area contributed by atoms with Gasteiger partial charge in [0.05, 0.1) is 22.8 Å². The summed E-state index contributed by atoms with van der Waals surface area (Å²) in [7, 11) is 0. The molecule has 6 aromatic rings. The Morgan fingerprint density at radius 3 is 1.77 bits per heavy atom. The number of unbranched alkanes of at least 4 members (excludes halogenated alkanes) is 9. The summed E-state index contributed by atoms with van der Waals surface area (Å²) < 4.78 is 33.6. The molecule has 0 radical (unpaired) electrons. The largest absolute Gasteiger partial charge is 0.492 e. The van der Waals surface area contributed by atoms with Gasteiger partial charge in [0.1, 0.15) is 16.4 Å². The Kier molecular flexibility index (Phi) is 18.6. The number of ketones is 1. The number of benzene rings is 2. The van der Waals surface area contributed by atoms with E-state index in [2.05, 4.69) is 71.2 Å². The summed E-state index contributed by atoms with van der Waals surface area (Å²) in [5.74, 6) is 2.47. The lowest BCUT2D eigenvalue weighted by molar-refractivity contribution is 0.0909. The summed E-state index contributed by atoms with van der Waals surface area (Å²) in [6.45, 7) is 14.8. The van der Waals surface area contributed by atoms with Crippen molar-refractivity contribution in [1.82, 2.24) is 0 Å². The smallest absolute Gasteiger partial charge is 0.178 e. The number of halogens is 1. The second-order valence-electron chi connectivity index (χ2n) is 17.4. The molecule has 0 bridgehead atoms. The Bertz CT molecular complexity index is 2240. The summed E-state index contributed by atoms with van der Waals surface area (Å²) in [5, 5.41) is 9.24. The van der Waals surface area contributed by atoms with E-state index in [1.807, 2.05) is 5.38 Å². The Morgan fingerprint density at radius 2 is 1.17 bits per heavy atom. The molecule has 4 heterocycles. The lowest BCUT2D eigenvalue weighted by Gasteiger charge is -2.21. The average molecular weight is 891 g/mol. The van der Waals surface area contributed by atoms with Crippen LogP contribution in [-0.4, -0.2) is 19.0 Å². The minimum atomic E-state index is -0.338. The van der Waals surface area contributed by atoms with Crippen LogP contribution in [0.4, 0.5) is 4.39 Å². The summed E-state index contributed by atoms with van der Waals surface area (Å²) in [6, 6.07) is 9.20. The summed E-state index contributed by atoms with van der Waals surface area (Å²) in [5.41, 5.74) is 0. The third-order valence-corrected chi connectivity index (χ3v) is 17.1. The lowest BCUT2D eigenvalue weighted by atomic mass is 9.94. The van der Waals surface area contributed by atoms with Crippen molar-refractivity contribution >= 4 is 92.2 Å². The van der Waals surface area contributed by atoms with Gasteiger partial charge in [-0.25, -0.2) is 4.39 Å². The zero-order chi connectivity index (χ0) is 42.4. The van der Waals surface area contributed by atoms with Crippen molar-refractivity contribution in [3.63, 3.8) is 0 Å². The van der Waals surface area contributed by atoms with E-state index in [4.69, 9.17) is 9.47 Å². The minimum Gasteiger partial charge on any atom is -0.492 e. The molecule has 328 valence electrons. The molecule has 0 amide bonds. The number of hydrogen-bond acceptors (Lipinski definition) is 7. The average Bonchev–Trinajstić information content (AvgIpc) is 4.07. The van der Waals surface area contributed by atoms with Crippen molar-refractivity contribution in [2.24, 2.45) is 17.8 Å². The van der Waals surface area contributed by atoms with Gasteiger partial charge in [-0.3, -0.25) is 4.79 Å². The molecular weight excluding hydrogens is 820 g/mol. The van der Waals surface area contributed by atoms with Gasteiger partial charge in [-0.05, 0) is 80.0 Å². The minimum absolute atomic E-state index is 0.0309. The first-order chi connectivity index (χ1) is 29.4. The van der Waals surface area contributed by atoms with Gasteiger partial charge in [-0.1, -0.05) is 131 Å². The van der Waals surface area contributed by atoms with Gasteiger partial charge < -0.3 is 9.47 Å². The van der Waals surface area contributed by atoms with Crippen LogP contribution in [0.5, 0.6) is 11.5 Å². The molecule has 6 rings (SSSR count). The highest BCUT2D eigenvalue weighted by Crippen LogP contribution is 2.51. The van der Waals surface area contributed by atoms with Gasteiger partial charge in [-0.15, -0.1) is 45.3 Å². The molecule has 8 heteroatoms. The summed E-state index contributed by atoms with van der Waals surface area (Å²) >= 11 is 6.48. The molecule has 3 nitrogen and oxygen atoms in total. The Balaban J connectivity index is 1.44. The third kappa shape index (κ3) is 11.3. The fourth-order valence-electron chi connectivity index (χ4n) is 8.90. The van der Waals surface area contributed by atoms with E-state index >= 15 is 4.39 Å². The van der Waals surface area contributed by atoms with Crippen LogP contribution in [0.15, 0.2) is 35.0 Å². The number of carbonyl (C=O) groups is 1. The number of thiophene rings is 4. The maximum absolute atomic E-state index is 16.1. The van der Waals surface area contributed by atoms with Gasteiger partial charge in [0, 0.05) is 52.5 Å². The molecule has 3 unspecified atom stereocenters. The van der Waals surface area contributed by atoms with Crippen molar-refractivity contribution < 1.29 is 18.7 Å². The first-order valence-electron chi connectivity index (χ1n) is 23.8. The standard InChI is InChI=1S/C52H71FO3S4/c1-7-13-18-20-24-35(22-15-9-3)32-55-48-38-27-28-57-43(38)29-39-40(48)30-44-41(49(39)56-33-36(23-16-10-4)25-21-19-14-8-2)31-45(59-44)51-50-42(34-58-51)46(53)52(60-50)47(54)37(12-6)26-17-11-5/h27-31,34-37H,7-26,32-33H2,1-6H3. The number of Topliss-reactive ketones (excluding diaryl/α,β-unsaturated/α-hetero) is 1.